The van der Waals surface area contributed by atoms with E-state index in [1.165, 1.54) is 6.07 Å². The maximum Gasteiger partial charge on any atom is 0.408 e. The Kier molecular flexibility index (Phi) is 4.89. The SMILES string of the molecule is Cc1cc(C(CN)NC(=O)OC(C)(C)C)ccc1F. The number of rotatable bonds is 3. The van der Waals surface area contributed by atoms with Crippen molar-refractivity contribution in [3.8, 4) is 0 Å². The summed E-state index contributed by atoms with van der Waals surface area (Å²) in [6, 6.07) is 4.25. The summed E-state index contributed by atoms with van der Waals surface area (Å²) in [6.45, 7) is 7.23. The minimum atomic E-state index is -0.568. The van der Waals surface area contributed by atoms with Crippen LogP contribution in [-0.2, 0) is 4.74 Å². The van der Waals surface area contributed by atoms with Crippen LogP contribution < -0.4 is 11.1 Å². The third-order valence-corrected chi connectivity index (χ3v) is 2.51. The van der Waals surface area contributed by atoms with Gasteiger partial charge in [-0.1, -0.05) is 12.1 Å². The Balaban J connectivity index is 2.78. The summed E-state index contributed by atoms with van der Waals surface area (Å²) in [7, 11) is 0. The van der Waals surface area contributed by atoms with E-state index in [1.807, 2.05) is 0 Å². The molecule has 0 saturated carbocycles. The molecule has 19 heavy (non-hydrogen) atoms. The Morgan fingerprint density at radius 1 is 1.47 bits per heavy atom. The number of carbonyl (C=O) groups is 1. The third kappa shape index (κ3) is 4.87. The van der Waals surface area contributed by atoms with E-state index in [1.54, 1.807) is 39.8 Å². The van der Waals surface area contributed by atoms with Crippen LogP contribution in [0.3, 0.4) is 0 Å². The lowest BCUT2D eigenvalue weighted by atomic mass is 10.0. The van der Waals surface area contributed by atoms with Crippen LogP contribution in [0.25, 0.3) is 0 Å². The molecule has 0 heterocycles. The zero-order chi connectivity index (χ0) is 14.6. The summed E-state index contributed by atoms with van der Waals surface area (Å²) in [4.78, 5) is 11.7. The van der Waals surface area contributed by atoms with Gasteiger partial charge in [-0.05, 0) is 44.9 Å². The largest absolute Gasteiger partial charge is 0.444 e. The first-order valence-electron chi connectivity index (χ1n) is 6.18. The van der Waals surface area contributed by atoms with Crippen molar-refractivity contribution >= 4 is 6.09 Å². The molecule has 0 aromatic heterocycles. The van der Waals surface area contributed by atoms with Crippen molar-refractivity contribution in [3.63, 3.8) is 0 Å². The summed E-state index contributed by atoms with van der Waals surface area (Å²) in [6.07, 6.45) is -0.537. The molecule has 0 fully saturated rings. The number of nitrogens with two attached hydrogens (primary N) is 1. The summed E-state index contributed by atoms with van der Waals surface area (Å²) >= 11 is 0. The molecule has 1 amide bonds. The number of carbonyl (C=O) groups excluding carboxylic acids is 1. The molecule has 1 atom stereocenters. The molecule has 1 aromatic carbocycles. The van der Waals surface area contributed by atoms with E-state index >= 15 is 0 Å². The number of amides is 1. The van der Waals surface area contributed by atoms with Gasteiger partial charge in [0.05, 0.1) is 6.04 Å². The average molecular weight is 268 g/mol. The maximum absolute atomic E-state index is 13.2. The fourth-order valence-electron chi connectivity index (χ4n) is 1.61. The van der Waals surface area contributed by atoms with Crippen LogP contribution in [0.4, 0.5) is 9.18 Å². The highest BCUT2D eigenvalue weighted by Gasteiger charge is 2.20. The highest BCUT2D eigenvalue weighted by Crippen LogP contribution is 2.17. The van der Waals surface area contributed by atoms with Gasteiger partial charge in [-0.2, -0.15) is 0 Å². The zero-order valence-electron chi connectivity index (χ0n) is 11.8. The van der Waals surface area contributed by atoms with Crippen LogP contribution in [0.5, 0.6) is 0 Å². The van der Waals surface area contributed by atoms with Crippen molar-refractivity contribution in [1.82, 2.24) is 5.32 Å². The summed E-state index contributed by atoms with van der Waals surface area (Å²) in [5.41, 5.74) is 6.35. The van der Waals surface area contributed by atoms with Gasteiger partial charge in [0, 0.05) is 6.54 Å². The van der Waals surface area contributed by atoms with Crippen LogP contribution in [-0.4, -0.2) is 18.2 Å². The molecule has 0 aliphatic carbocycles. The van der Waals surface area contributed by atoms with Gasteiger partial charge in [-0.15, -0.1) is 0 Å². The minimum Gasteiger partial charge on any atom is -0.444 e. The van der Waals surface area contributed by atoms with E-state index in [9.17, 15) is 9.18 Å². The molecule has 4 nitrogen and oxygen atoms in total. The van der Waals surface area contributed by atoms with Crippen molar-refractivity contribution < 1.29 is 13.9 Å². The predicted molar refractivity (Wildman–Crippen MR) is 72.3 cm³/mol. The van der Waals surface area contributed by atoms with Crippen molar-refractivity contribution in [3.05, 3.63) is 35.1 Å². The fourth-order valence-corrected chi connectivity index (χ4v) is 1.61. The molecular weight excluding hydrogens is 247 g/mol. The molecule has 0 aliphatic rings. The first-order chi connectivity index (χ1) is 8.73. The van der Waals surface area contributed by atoms with Gasteiger partial charge in [-0.3, -0.25) is 0 Å². The Morgan fingerprint density at radius 2 is 2.11 bits per heavy atom. The van der Waals surface area contributed by atoms with Crippen LogP contribution in [0.1, 0.15) is 37.9 Å². The van der Waals surface area contributed by atoms with Gasteiger partial charge < -0.3 is 15.8 Å². The van der Waals surface area contributed by atoms with Crippen LogP contribution >= 0.6 is 0 Å². The quantitative estimate of drug-likeness (QED) is 0.885. The van der Waals surface area contributed by atoms with Crippen molar-refractivity contribution in [2.75, 3.05) is 6.54 Å². The van der Waals surface area contributed by atoms with Crippen molar-refractivity contribution in [1.29, 1.82) is 0 Å². The summed E-state index contributed by atoms with van der Waals surface area (Å²) in [5, 5.41) is 2.68. The van der Waals surface area contributed by atoms with Gasteiger partial charge in [0.15, 0.2) is 0 Å². The van der Waals surface area contributed by atoms with E-state index < -0.39 is 17.7 Å². The van der Waals surface area contributed by atoms with E-state index in [0.717, 1.165) is 5.56 Å². The second-order valence-corrected chi connectivity index (χ2v) is 5.44. The third-order valence-electron chi connectivity index (χ3n) is 2.51. The monoisotopic (exact) mass is 268 g/mol. The summed E-state index contributed by atoms with van der Waals surface area (Å²) < 4.78 is 18.4. The van der Waals surface area contributed by atoms with Gasteiger partial charge in [0.1, 0.15) is 11.4 Å². The lowest BCUT2D eigenvalue weighted by Crippen LogP contribution is -2.37. The number of aryl methyl sites for hydroxylation is 1. The molecule has 106 valence electrons. The lowest BCUT2D eigenvalue weighted by molar-refractivity contribution is 0.0505. The molecular formula is C14H21FN2O2. The highest BCUT2D eigenvalue weighted by molar-refractivity contribution is 5.68. The molecule has 0 spiro atoms. The maximum atomic E-state index is 13.2. The lowest BCUT2D eigenvalue weighted by Gasteiger charge is -2.23. The fraction of sp³-hybridized carbons (Fsp3) is 0.500. The molecule has 1 unspecified atom stereocenters. The number of alkyl carbamates (subject to hydrolysis) is 1. The second-order valence-electron chi connectivity index (χ2n) is 5.44. The van der Waals surface area contributed by atoms with E-state index in [2.05, 4.69) is 5.32 Å². The van der Waals surface area contributed by atoms with Gasteiger partial charge >= 0.3 is 6.09 Å². The topological polar surface area (TPSA) is 64.3 Å². The Morgan fingerprint density at radius 3 is 2.58 bits per heavy atom. The number of benzene rings is 1. The van der Waals surface area contributed by atoms with Gasteiger partial charge in [-0.25, -0.2) is 9.18 Å². The Hall–Kier alpha value is -1.62. The van der Waals surface area contributed by atoms with E-state index in [0.29, 0.717) is 5.56 Å². The Labute approximate surface area is 113 Å². The number of halogens is 1. The standard InChI is InChI=1S/C14H21FN2O2/c1-9-7-10(5-6-11(9)15)12(8-16)17-13(18)19-14(2,3)4/h5-7,12H,8,16H2,1-4H3,(H,17,18). The first-order valence-corrected chi connectivity index (χ1v) is 6.18. The minimum absolute atomic E-state index is 0.213. The molecule has 1 aromatic rings. The average Bonchev–Trinajstić information content (AvgIpc) is 2.27. The Bertz CT molecular complexity index is 455. The zero-order valence-corrected chi connectivity index (χ0v) is 11.8. The molecule has 0 bridgehead atoms. The smallest absolute Gasteiger partial charge is 0.408 e. The molecule has 0 saturated heterocycles. The first kappa shape index (κ1) is 15.4. The van der Waals surface area contributed by atoms with E-state index in [-0.39, 0.29) is 12.4 Å². The molecule has 0 radical (unpaired) electrons. The molecule has 5 heteroatoms. The molecule has 1 rings (SSSR count). The number of hydrogen-bond acceptors (Lipinski definition) is 3. The molecule has 0 aliphatic heterocycles. The van der Waals surface area contributed by atoms with Crippen molar-refractivity contribution in [2.24, 2.45) is 5.73 Å². The van der Waals surface area contributed by atoms with Crippen LogP contribution in [0.2, 0.25) is 0 Å². The van der Waals surface area contributed by atoms with Gasteiger partial charge in [0.2, 0.25) is 0 Å². The normalized spacial score (nSPS) is 12.9. The van der Waals surface area contributed by atoms with Crippen molar-refractivity contribution in [2.45, 2.75) is 39.3 Å². The predicted octanol–water partition coefficient (Wildman–Crippen LogP) is 2.66. The highest BCUT2D eigenvalue weighted by atomic mass is 19.1. The van der Waals surface area contributed by atoms with Crippen LogP contribution in [0, 0.1) is 12.7 Å². The van der Waals surface area contributed by atoms with Crippen LogP contribution in [0.15, 0.2) is 18.2 Å². The number of nitrogens with one attached hydrogen (secondary N) is 1. The van der Waals surface area contributed by atoms with Gasteiger partial charge in [0.25, 0.3) is 0 Å². The second kappa shape index (κ2) is 6.02. The van der Waals surface area contributed by atoms with E-state index in [4.69, 9.17) is 10.5 Å². The number of hydrogen-bond donors (Lipinski definition) is 2. The summed E-state index contributed by atoms with van der Waals surface area (Å²) in [5.74, 6) is -0.281. The number of ether oxygens (including phenoxy) is 1. The molecule has 3 N–H and O–H groups in total.